The smallest absolute Gasteiger partial charge is 0.410 e. The molecule has 4 nitrogen and oxygen atoms in total. The zero-order chi connectivity index (χ0) is 15.2. The summed E-state index contributed by atoms with van der Waals surface area (Å²) in [7, 11) is 0. The SMILES string of the molecule is C=C[C@H](CCC)OC1CCN(C(=O)OC(C)(C)C)CC1. The van der Waals surface area contributed by atoms with E-state index in [9.17, 15) is 4.79 Å². The quantitative estimate of drug-likeness (QED) is 0.721. The van der Waals surface area contributed by atoms with Crippen molar-refractivity contribution in [1.29, 1.82) is 0 Å². The van der Waals surface area contributed by atoms with E-state index in [1.54, 1.807) is 4.90 Å². The molecular formula is C16H29NO3. The lowest BCUT2D eigenvalue weighted by Crippen LogP contribution is -2.44. The van der Waals surface area contributed by atoms with Crippen molar-refractivity contribution in [3.63, 3.8) is 0 Å². The third-order valence-corrected chi connectivity index (χ3v) is 3.30. The fourth-order valence-electron chi connectivity index (χ4n) is 2.27. The molecule has 0 unspecified atom stereocenters. The highest BCUT2D eigenvalue weighted by molar-refractivity contribution is 5.68. The Morgan fingerprint density at radius 3 is 2.45 bits per heavy atom. The summed E-state index contributed by atoms with van der Waals surface area (Å²) in [6.07, 6.45) is 5.86. The largest absolute Gasteiger partial charge is 0.444 e. The number of hydrogen-bond acceptors (Lipinski definition) is 3. The van der Waals surface area contributed by atoms with Crippen LogP contribution in [0, 0.1) is 0 Å². The Hall–Kier alpha value is -1.03. The zero-order valence-corrected chi connectivity index (χ0v) is 13.4. The Labute approximate surface area is 123 Å². The second kappa shape index (κ2) is 7.67. The number of nitrogens with zero attached hydrogens (tertiary/aromatic N) is 1. The summed E-state index contributed by atoms with van der Waals surface area (Å²) in [6, 6.07) is 0. The van der Waals surface area contributed by atoms with Gasteiger partial charge in [0.25, 0.3) is 0 Å². The minimum atomic E-state index is -0.431. The van der Waals surface area contributed by atoms with E-state index in [1.807, 2.05) is 26.8 Å². The van der Waals surface area contributed by atoms with Gasteiger partial charge in [-0.05, 0) is 40.0 Å². The van der Waals surface area contributed by atoms with E-state index in [1.165, 1.54) is 0 Å². The van der Waals surface area contributed by atoms with Crippen LogP contribution in [0.3, 0.4) is 0 Å². The lowest BCUT2D eigenvalue weighted by Gasteiger charge is -2.34. The molecule has 0 saturated carbocycles. The predicted octanol–water partition coefficient (Wildman–Crippen LogP) is 3.76. The van der Waals surface area contributed by atoms with Crippen LogP contribution in [0.2, 0.25) is 0 Å². The molecule has 1 amide bonds. The van der Waals surface area contributed by atoms with Gasteiger partial charge in [0, 0.05) is 13.1 Å². The molecule has 1 aliphatic rings. The van der Waals surface area contributed by atoms with Crippen molar-refractivity contribution in [3.8, 4) is 0 Å². The van der Waals surface area contributed by atoms with Crippen LogP contribution in [0.4, 0.5) is 4.79 Å². The van der Waals surface area contributed by atoms with Gasteiger partial charge in [-0.3, -0.25) is 0 Å². The van der Waals surface area contributed by atoms with E-state index in [0.29, 0.717) is 13.1 Å². The van der Waals surface area contributed by atoms with Gasteiger partial charge >= 0.3 is 6.09 Å². The fraction of sp³-hybridized carbons (Fsp3) is 0.812. The van der Waals surface area contributed by atoms with Crippen LogP contribution >= 0.6 is 0 Å². The third-order valence-electron chi connectivity index (χ3n) is 3.30. The van der Waals surface area contributed by atoms with Gasteiger partial charge < -0.3 is 14.4 Å². The molecule has 1 atom stereocenters. The molecule has 4 heteroatoms. The first-order valence-corrected chi connectivity index (χ1v) is 7.61. The predicted molar refractivity (Wildman–Crippen MR) is 80.8 cm³/mol. The Kier molecular flexibility index (Phi) is 6.53. The van der Waals surface area contributed by atoms with Gasteiger partial charge in [-0.25, -0.2) is 4.79 Å². The van der Waals surface area contributed by atoms with E-state index >= 15 is 0 Å². The molecular weight excluding hydrogens is 254 g/mol. The van der Waals surface area contributed by atoms with E-state index < -0.39 is 5.60 Å². The maximum Gasteiger partial charge on any atom is 0.410 e. The second-order valence-corrected chi connectivity index (χ2v) is 6.37. The molecule has 0 aromatic rings. The first-order chi connectivity index (χ1) is 9.35. The maximum atomic E-state index is 11.9. The van der Waals surface area contributed by atoms with Gasteiger partial charge in [-0.2, -0.15) is 0 Å². The van der Waals surface area contributed by atoms with Crippen LogP contribution in [0.25, 0.3) is 0 Å². The molecule has 1 rings (SSSR count). The molecule has 1 saturated heterocycles. The van der Waals surface area contributed by atoms with Gasteiger partial charge in [0.05, 0.1) is 12.2 Å². The van der Waals surface area contributed by atoms with E-state index in [4.69, 9.17) is 9.47 Å². The summed E-state index contributed by atoms with van der Waals surface area (Å²) in [6.45, 7) is 13.0. The average Bonchev–Trinajstić information content (AvgIpc) is 2.37. The highest BCUT2D eigenvalue weighted by Crippen LogP contribution is 2.19. The lowest BCUT2D eigenvalue weighted by atomic mass is 10.1. The molecule has 1 aliphatic heterocycles. The number of amides is 1. The number of rotatable bonds is 5. The molecule has 0 radical (unpaired) electrons. The van der Waals surface area contributed by atoms with Crippen LogP contribution in [0.1, 0.15) is 53.4 Å². The van der Waals surface area contributed by atoms with Crippen molar-refractivity contribution in [3.05, 3.63) is 12.7 Å². The molecule has 116 valence electrons. The van der Waals surface area contributed by atoms with Crippen LogP contribution < -0.4 is 0 Å². The maximum absolute atomic E-state index is 11.9. The van der Waals surface area contributed by atoms with Crippen LogP contribution in [0.5, 0.6) is 0 Å². The summed E-state index contributed by atoms with van der Waals surface area (Å²) >= 11 is 0. The number of likely N-dealkylation sites (tertiary alicyclic amines) is 1. The van der Waals surface area contributed by atoms with Gasteiger partial charge in [0.1, 0.15) is 5.60 Å². The average molecular weight is 283 g/mol. The standard InChI is InChI=1S/C16H29NO3/c1-6-8-13(7-2)19-14-9-11-17(12-10-14)15(18)20-16(3,4)5/h7,13-14H,2,6,8-12H2,1,3-5H3/t13-/m1/s1. The van der Waals surface area contributed by atoms with Crippen molar-refractivity contribution in [2.75, 3.05) is 13.1 Å². The van der Waals surface area contributed by atoms with E-state index in [-0.39, 0.29) is 18.3 Å². The molecule has 0 bridgehead atoms. The number of piperidine rings is 1. The Bertz CT molecular complexity index is 314. The summed E-state index contributed by atoms with van der Waals surface area (Å²) < 4.78 is 11.4. The molecule has 0 aromatic heterocycles. The highest BCUT2D eigenvalue weighted by Gasteiger charge is 2.27. The molecule has 0 spiro atoms. The number of hydrogen-bond donors (Lipinski definition) is 0. The Balaban J connectivity index is 2.36. The Morgan fingerprint density at radius 1 is 1.40 bits per heavy atom. The second-order valence-electron chi connectivity index (χ2n) is 6.37. The van der Waals surface area contributed by atoms with Gasteiger partial charge in [0.15, 0.2) is 0 Å². The Morgan fingerprint density at radius 2 is 2.00 bits per heavy atom. The van der Waals surface area contributed by atoms with Crippen molar-refractivity contribution < 1.29 is 14.3 Å². The van der Waals surface area contributed by atoms with E-state index in [0.717, 1.165) is 25.7 Å². The zero-order valence-electron chi connectivity index (χ0n) is 13.4. The monoisotopic (exact) mass is 283 g/mol. The normalized spacial score (nSPS) is 18.7. The molecule has 20 heavy (non-hydrogen) atoms. The van der Waals surface area contributed by atoms with Gasteiger partial charge in [-0.15, -0.1) is 6.58 Å². The molecule has 0 aliphatic carbocycles. The topological polar surface area (TPSA) is 38.8 Å². The van der Waals surface area contributed by atoms with Crippen LogP contribution in [0.15, 0.2) is 12.7 Å². The van der Waals surface area contributed by atoms with E-state index in [2.05, 4.69) is 13.5 Å². The molecule has 0 N–H and O–H groups in total. The summed E-state index contributed by atoms with van der Waals surface area (Å²) in [5.74, 6) is 0. The first kappa shape index (κ1) is 17.0. The number of carbonyl (C=O) groups is 1. The van der Waals surface area contributed by atoms with Crippen molar-refractivity contribution in [1.82, 2.24) is 4.90 Å². The minimum Gasteiger partial charge on any atom is -0.444 e. The lowest BCUT2D eigenvalue weighted by molar-refractivity contribution is -0.0325. The molecule has 1 fully saturated rings. The van der Waals surface area contributed by atoms with Gasteiger partial charge in [-0.1, -0.05) is 19.4 Å². The minimum absolute atomic E-state index is 0.137. The number of ether oxygens (including phenoxy) is 2. The number of carbonyl (C=O) groups excluding carboxylic acids is 1. The fourth-order valence-corrected chi connectivity index (χ4v) is 2.27. The molecule has 0 aromatic carbocycles. The van der Waals surface area contributed by atoms with Crippen LogP contribution in [-0.2, 0) is 9.47 Å². The van der Waals surface area contributed by atoms with Crippen molar-refractivity contribution >= 4 is 6.09 Å². The highest BCUT2D eigenvalue weighted by atomic mass is 16.6. The summed E-state index contributed by atoms with van der Waals surface area (Å²) in [5.41, 5.74) is -0.431. The van der Waals surface area contributed by atoms with Crippen LogP contribution in [-0.4, -0.2) is 41.9 Å². The van der Waals surface area contributed by atoms with Crippen molar-refractivity contribution in [2.45, 2.75) is 71.2 Å². The summed E-state index contributed by atoms with van der Waals surface area (Å²) in [4.78, 5) is 13.7. The van der Waals surface area contributed by atoms with Gasteiger partial charge in [0.2, 0.25) is 0 Å². The molecule has 1 heterocycles. The first-order valence-electron chi connectivity index (χ1n) is 7.61. The summed E-state index contributed by atoms with van der Waals surface area (Å²) in [5, 5.41) is 0. The third kappa shape index (κ3) is 5.95. The van der Waals surface area contributed by atoms with Crippen molar-refractivity contribution in [2.24, 2.45) is 0 Å².